The summed E-state index contributed by atoms with van der Waals surface area (Å²) in [7, 11) is 0. The monoisotopic (exact) mass is 864 g/mol. The number of unbranched alkanes of at least 4 members (excludes halogenated alkanes) is 3. The van der Waals surface area contributed by atoms with E-state index in [1.54, 1.807) is 22.7 Å². The number of fused-ring (bicyclic) bond motifs is 2. The second-order valence-corrected chi connectivity index (χ2v) is 20.2. The topological polar surface area (TPSA) is 85.2 Å². The molecule has 8 rings (SSSR count). The number of rotatable bonds is 14. The van der Waals surface area contributed by atoms with Gasteiger partial charge in [0, 0.05) is 76.7 Å². The van der Waals surface area contributed by atoms with Crippen molar-refractivity contribution in [3.05, 3.63) is 147 Å². The van der Waals surface area contributed by atoms with E-state index in [-0.39, 0.29) is 22.7 Å². The van der Waals surface area contributed by atoms with Crippen LogP contribution in [0.3, 0.4) is 0 Å². The maximum Gasteiger partial charge on any atom is 0.333 e. The van der Waals surface area contributed by atoms with Gasteiger partial charge in [0.25, 0.3) is 5.70 Å². The van der Waals surface area contributed by atoms with Gasteiger partial charge >= 0.3 is 5.97 Å². The van der Waals surface area contributed by atoms with Gasteiger partial charge in [-0.15, -0.1) is 34.0 Å². The molecule has 3 aliphatic rings. The van der Waals surface area contributed by atoms with E-state index in [1.807, 2.05) is 24.3 Å². The van der Waals surface area contributed by atoms with Gasteiger partial charge < -0.3 is 15.1 Å². The lowest BCUT2D eigenvalue weighted by atomic mass is 9.77. The molecule has 7 nitrogen and oxygen atoms in total. The van der Waals surface area contributed by atoms with Gasteiger partial charge in [-0.3, -0.25) is 9.59 Å². The number of allylic oxidation sites excluding steroid dienone is 5. The van der Waals surface area contributed by atoms with Crippen LogP contribution in [-0.2, 0) is 20.4 Å². The molecule has 0 atom stereocenters. The van der Waals surface area contributed by atoms with Crippen molar-refractivity contribution >= 4 is 68.9 Å². The number of hydrogen-bond donors (Lipinski definition) is 2. The first-order valence-electron chi connectivity index (χ1n) is 21.0. The molecule has 0 saturated heterocycles. The van der Waals surface area contributed by atoms with Crippen molar-refractivity contribution < 1.29 is 24.4 Å². The maximum absolute atomic E-state index is 14.1. The fourth-order valence-electron chi connectivity index (χ4n) is 8.84. The summed E-state index contributed by atoms with van der Waals surface area (Å²) in [6.45, 7) is 22.0. The third-order valence-electron chi connectivity index (χ3n) is 12.2. The minimum absolute atomic E-state index is 0.0678. The quantitative estimate of drug-likeness (QED) is 0.0503. The van der Waals surface area contributed by atoms with E-state index in [0.29, 0.717) is 11.1 Å². The normalized spacial score (nSPS) is 18.0. The summed E-state index contributed by atoms with van der Waals surface area (Å²) >= 11 is 4.92. The van der Waals surface area contributed by atoms with Crippen LogP contribution in [0, 0.1) is 6.57 Å². The smallest absolute Gasteiger partial charge is 0.333 e. The molecule has 2 N–H and O–H groups in total. The first-order chi connectivity index (χ1) is 29.3. The molecule has 3 aromatic heterocycles. The Labute approximate surface area is 370 Å². The van der Waals surface area contributed by atoms with Gasteiger partial charge in [0.05, 0.1) is 23.1 Å². The average molecular weight is 865 g/mol. The van der Waals surface area contributed by atoms with E-state index in [2.05, 4.69) is 123 Å². The zero-order valence-corrected chi connectivity index (χ0v) is 37.9. The van der Waals surface area contributed by atoms with E-state index in [4.69, 9.17) is 6.57 Å². The molecule has 0 unspecified atom stereocenters. The van der Waals surface area contributed by atoms with E-state index in [9.17, 15) is 19.8 Å². The third kappa shape index (κ3) is 7.58. The predicted octanol–water partition coefficient (Wildman–Crippen LogP) is 13.6. The van der Waals surface area contributed by atoms with Crippen LogP contribution in [0.1, 0.15) is 89.7 Å². The van der Waals surface area contributed by atoms with E-state index in [0.717, 1.165) is 96.4 Å². The van der Waals surface area contributed by atoms with Crippen LogP contribution >= 0.6 is 34.0 Å². The molecule has 1 aliphatic carbocycles. The Morgan fingerprint density at radius 3 is 2.15 bits per heavy atom. The second kappa shape index (κ2) is 16.7. The maximum atomic E-state index is 14.1. The summed E-state index contributed by atoms with van der Waals surface area (Å²) < 4.78 is 2.31. The first kappa shape index (κ1) is 42.1. The fraction of sp³-hybridized carbons (Fsp3) is 0.294. The largest absolute Gasteiger partial charge is 0.506 e. The Morgan fingerprint density at radius 1 is 0.803 bits per heavy atom. The molecular weight excluding hydrogens is 815 g/mol. The highest BCUT2D eigenvalue weighted by atomic mass is 32.1. The predicted molar refractivity (Wildman–Crippen MR) is 253 cm³/mol. The van der Waals surface area contributed by atoms with Crippen LogP contribution in [0.4, 0.5) is 11.4 Å². The van der Waals surface area contributed by atoms with E-state index < -0.39 is 11.4 Å². The van der Waals surface area contributed by atoms with Crippen LogP contribution in [0.2, 0.25) is 0 Å². The van der Waals surface area contributed by atoms with Crippen molar-refractivity contribution in [1.29, 1.82) is 0 Å². The summed E-state index contributed by atoms with van der Waals surface area (Å²) in [5.41, 5.74) is 7.65. The van der Waals surface area contributed by atoms with Crippen molar-refractivity contribution in [3.63, 3.8) is 0 Å². The first-order valence-corrected chi connectivity index (χ1v) is 23.4. The number of Topliss-reactive ketones (excluding diaryl/α,β-unsaturated/α-hetero) is 1. The highest BCUT2D eigenvalue weighted by molar-refractivity contribution is 7.27. The molecule has 5 heterocycles. The Bertz CT molecular complexity index is 2790. The molecule has 0 bridgehead atoms. The van der Waals surface area contributed by atoms with Gasteiger partial charge in [0.2, 0.25) is 11.5 Å². The SMILES string of the molecule is [C-]#[N+]C(=Cc1ccc(-c2ccc(-c3ccc(-c4ccc5c(c4)C(C)(C)C(=CC4=C(O)C(=CC6=[N+](CCC)c7ccccc7C6(C)C)C4=O)N5CCCCCC)s3)s2)s1)C(=O)O. The Kier molecular flexibility index (Phi) is 11.5. The van der Waals surface area contributed by atoms with Crippen LogP contribution in [0.25, 0.3) is 40.9 Å². The summed E-state index contributed by atoms with van der Waals surface area (Å²) in [6.07, 6.45) is 10.7. The third-order valence-corrected chi connectivity index (χ3v) is 15.8. The van der Waals surface area contributed by atoms with Gasteiger partial charge in [-0.25, -0.2) is 4.85 Å². The molecule has 10 heteroatoms. The van der Waals surface area contributed by atoms with Crippen molar-refractivity contribution in [2.45, 2.75) is 84.5 Å². The van der Waals surface area contributed by atoms with Crippen molar-refractivity contribution in [2.24, 2.45) is 0 Å². The fourth-order valence-corrected chi connectivity index (χ4v) is 12.0. The number of nitrogens with zero attached hydrogens (tertiary/aromatic N) is 3. The van der Waals surface area contributed by atoms with Crippen molar-refractivity contribution in [2.75, 3.05) is 18.0 Å². The van der Waals surface area contributed by atoms with E-state index in [1.165, 1.54) is 35.0 Å². The molecule has 0 amide bonds. The molecule has 0 spiro atoms. The second-order valence-electron chi connectivity index (χ2n) is 16.9. The zero-order chi connectivity index (χ0) is 43.2. The Balaban J connectivity index is 1.09. The lowest BCUT2D eigenvalue weighted by Gasteiger charge is -2.29. The molecule has 310 valence electrons. The van der Waals surface area contributed by atoms with Crippen LogP contribution < -0.4 is 4.90 Å². The number of carbonyl (C=O) groups is 2. The molecule has 2 aliphatic heterocycles. The van der Waals surface area contributed by atoms with Crippen LogP contribution in [0.5, 0.6) is 0 Å². The molecule has 5 aromatic rings. The standard InChI is InChI=1S/C51H49N3O4S3/c1-8-10-11-14-26-54-39-19-17-31(40-21-22-43(60-40)44-24-23-42(61-44)41-20-18-32(59-41)28-37(52-7)49(57)58)27-36(39)51(5,6)46(54)30-34-47(55)33(48(34)56)29-45-50(3,4)35-15-12-13-16-38(35)53(45)25-9-2/h12-13,15-24,27-30H,8-11,14,25-26H2,1-6H3,(H-,55,56,57,58)/p+1. The average Bonchev–Trinajstić information content (AvgIpc) is 4.09. The molecule has 0 radical (unpaired) electrons. The number of ketones is 1. The summed E-state index contributed by atoms with van der Waals surface area (Å²) in [5.74, 6) is -1.27. The van der Waals surface area contributed by atoms with Gasteiger partial charge in [-0.1, -0.05) is 71.2 Å². The Morgan fingerprint density at radius 2 is 1.48 bits per heavy atom. The number of aliphatic hydroxyl groups is 1. The summed E-state index contributed by atoms with van der Waals surface area (Å²) in [4.78, 5) is 37.3. The van der Waals surface area contributed by atoms with Crippen LogP contribution in [0.15, 0.2) is 119 Å². The molecule has 2 aromatic carbocycles. The number of hydrogen-bond acceptors (Lipinski definition) is 7. The van der Waals surface area contributed by atoms with Crippen LogP contribution in [-0.4, -0.2) is 45.3 Å². The number of carboxylic acids is 1. The zero-order valence-electron chi connectivity index (χ0n) is 35.5. The number of anilines is 1. The lowest BCUT2D eigenvalue weighted by molar-refractivity contribution is -0.437. The molecule has 61 heavy (non-hydrogen) atoms. The number of benzene rings is 2. The molecular formula is C51H50N3O4S3+. The number of carboxylic acid groups (broad SMARTS) is 1. The number of para-hydroxylation sites is 1. The van der Waals surface area contributed by atoms with Gasteiger partial charge in [-0.05, 0) is 92.1 Å². The summed E-state index contributed by atoms with van der Waals surface area (Å²) in [6, 6.07) is 27.6. The number of thiophene rings is 3. The van der Waals surface area contributed by atoms with Crippen molar-refractivity contribution in [3.8, 4) is 29.9 Å². The highest BCUT2D eigenvalue weighted by Gasteiger charge is 2.47. The molecule has 0 saturated carbocycles. The van der Waals surface area contributed by atoms with Gasteiger partial charge in [0.15, 0.2) is 5.71 Å². The van der Waals surface area contributed by atoms with Crippen molar-refractivity contribution in [1.82, 2.24) is 0 Å². The Hall–Kier alpha value is -5.60. The lowest BCUT2D eigenvalue weighted by Crippen LogP contribution is -2.32. The summed E-state index contributed by atoms with van der Waals surface area (Å²) in [5, 5.41) is 20.9. The number of aliphatic hydroxyl groups excluding tert-OH is 1. The minimum atomic E-state index is -1.22. The van der Waals surface area contributed by atoms with Gasteiger partial charge in [-0.2, -0.15) is 4.58 Å². The van der Waals surface area contributed by atoms with E-state index >= 15 is 0 Å². The minimum Gasteiger partial charge on any atom is -0.506 e. The number of carbonyl (C=O) groups excluding carboxylic acids is 1. The number of aliphatic carboxylic acids is 1. The highest BCUT2D eigenvalue weighted by Crippen LogP contribution is 2.51. The van der Waals surface area contributed by atoms with Gasteiger partial charge in [0.1, 0.15) is 12.3 Å². The molecule has 0 fully saturated rings.